The van der Waals surface area contributed by atoms with E-state index in [4.69, 9.17) is 32.7 Å². The Labute approximate surface area is 199 Å². The van der Waals surface area contributed by atoms with Gasteiger partial charge >= 0.3 is 0 Å². The Morgan fingerprint density at radius 3 is 2.52 bits per heavy atom. The highest BCUT2D eigenvalue weighted by Gasteiger charge is 2.47. The standard InChI is InChI=1S/C25H17Cl2NO5/c1-13-3-2-4-14(9-13)22-21(23(29)15-5-8-19-20(10-15)33-12-32-19)24(30)25(31)28(22)16-6-7-17(26)18(27)11-16/h2-11,22,29H,12H2,1H3/b23-21-. The van der Waals surface area contributed by atoms with Gasteiger partial charge in [0.2, 0.25) is 6.79 Å². The van der Waals surface area contributed by atoms with Gasteiger partial charge in [-0.15, -0.1) is 0 Å². The predicted octanol–water partition coefficient (Wildman–Crippen LogP) is 5.66. The molecule has 0 saturated carbocycles. The number of carbonyl (C=O) groups is 2. The van der Waals surface area contributed by atoms with E-state index in [1.807, 2.05) is 25.1 Å². The number of rotatable bonds is 3. The summed E-state index contributed by atoms with van der Waals surface area (Å²) in [6.45, 7) is 1.98. The summed E-state index contributed by atoms with van der Waals surface area (Å²) in [4.78, 5) is 27.8. The monoisotopic (exact) mass is 481 g/mol. The zero-order chi connectivity index (χ0) is 23.3. The molecule has 33 heavy (non-hydrogen) atoms. The molecule has 2 aliphatic heterocycles. The Kier molecular flexibility index (Phi) is 5.27. The number of hydrogen-bond donors (Lipinski definition) is 1. The summed E-state index contributed by atoms with van der Waals surface area (Å²) in [6.07, 6.45) is 0. The average molecular weight is 482 g/mol. The molecule has 8 heteroatoms. The van der Waals surface area contributed by atoms with Gasteiger partial charge < -0.3 is 14.6 Å². The molecule has 6 nitrogen and oxygen atoms in total. The first kappa shape index (κ1) is 21.4. The quantitative estimate of drug-likeness (QED) is 0.296. The molecular formula is C25H17Cl2NO5. The number of aliphatic hydroxyl groups is 1. The number of nitrogens with zero attached hydrogens (tertiary/aromatic N) is 1. The van der Waals surface area contributed by atoms with Crippen LogP contribution in [0.4, 0.5) is 5.69 Å². The minimum Gasteiger partial charge on any atom is -0.507 e. The van der Waals surface area contributed by atoms with Crippen molar-refractivity contribution in [3.63, 3.8) is 0 Å². The van der Waals surface area contributed by atoms with E-state index in [9.17, 15) is 14.7 Å². The third-order valence-electron chi connectivity index (χ3n) is 5.63. The van der Waals surface area contributed by atoms with Gasteiger partial charge in [0.05, 0.1) is 21.7 Å². The molecule has 0 radical (unpaired) electrons. The number of ketones is 1. The maximum Gasteiger partial charge on any atom is 0.300 e. The molecular weight excluding hydrogens is 465 g/mol. The first-order valence-corrected chi connectivity index (χ1v) is 10.8. The fraction of sp³-hybridized carbons (Fsp3) is 0.120. The Morgan fingerprint density at radius 2 is 1.76 bits per heavy atom. The van der Waals surface area contributed by atoms with E-state index in [0.717, 1.165) is 5.56 Å². The van der Waals surface area contributed by atoms with Crippen LogP contribution in [0.3, 0.4) is 0 Å². The van der Waals surface area contributed by atoms with Gasteiger partial charge in [-0.1, -0.05) is 53.0 Å². The van der Waals surface area contributed by atoms with Gasteiger partial charge in [-0.2, -0.15) is 0 Å². The van der Waals surface area contributed by atoms with Crippen LogP contribution in [0.2, 0.25) is 10.0 Å². The van der Waals surface area contributed by atoms with E-state index < -0.39 is 17.7 Å². The molecule has 3 aromatic carbocycles. The number of fused-ring (bicyclic) bond motifs is 1. The Hall–Kier alpha value is -3.48. The van der Waals surface area contributed by atoms with E-state index in [1.54, 1.807) is 36.4 Å². The van der Waals surface area contributed by atoms with Crippen molar-refractivity contribution in [1.82, 2.24) is 0 Å². The Bertz CT molecular complexity index is 1350. The number of hydrogen-bond acceptors (Lipinski definition) is 5. The number of benzene rings is 3. The molecule has 1 saturated heterocycles. The fourth-order valence-corrected chi connectivity index (χ4v) is 4.38. The van der Waals surface area contributed by atoms with Crippen molar-refractivity contribution in [1.29, 1.82) is 0 Å². The second-order valence-electron chi connectivity index (χ2n) is 7.75. The van der Waals surface area contributed by atoms with Gasteiger partial charge in [0.25, 0.3) is 11.7 Å². The maximum atomic E-state index is 13.2. The van der Waals surface area contributed by atoms with Crippen LogP contribution in [-0.4, -0.2) is 23.6 Å². The smallest absolute Gasteiger partial charge is 0.300 e. The van der Waals surface area contributed by atoms with Crippen LogP contribution in [0, 0.1) is 6.92 Å². The molecule has 1 atom stereocenters. The van der Waals surface area contributed by atoms with Gasteiger partial charge in [0.15, 0.2) is 11.5 Å². The third kappa shape index (κ3) is 3.61. The Balaban J connectivity index is 1.72. The molecule has 1 amide bonds. The van der Waals surface area contributed by atoms with Gasteiger partial charge in [-0.25, -0.2) is 0 Å². The summed E-state index contributed by atoms with van der Waals surface area (Å²) in [6, 6.07) is 16.1. The molecule has 1 unspecified atom stereocenters. The number of amides is 1. The summed E-state index contributed by atoms with van der Waals surface area (Å²) in [5, 5.41) is 11.8. The van der Waals surface area contributed by atoms with Gasteiger partial charge in [-0.3, -0.25) is 14.5 Å². The number of aryl methyl sites for hydroxylation is 1. The number of aliphatic hydroxyl groups excluding tert-OH is 1. The molecule has 2 heterocycles. The molecule has 0 spiro atoms. The lowest BCUT2D eigenvalue weighted by Gasteiger charge is -2.26. The minimum absolute atomic E-state index is 0.0319. The van der Waals surface area contributed by atoms with Gasteiger partial charge in [0.1, 0.15) is 5.76 Å². The largest absolute Gasteiger partial charge is 0.507 e. The van der Waals surface area contributed by atoms with Crippen LogP contribution in [0.5, 0.6) is 11.5 Å². The normalized spacial score (nSPS) is 18.8. The second-order valence-corrected chi connectivity index (χ2v) is 8.56. The van der Waals surface area contributed by atoms with Crippen molar-refractivity contribution in [3.8, 4) is 11.5 Å². The van der Waals surface area contributed by atoms with E-state index >= 15 is 0 Å². The van der Waals surface area contributed by atoms with E-state index in [0.29, 0.717) is 33.3 Å². The summed E-state index contributed by atoms with van der Waals surface area (Å²) < 4.78 is 10.7. The summed E-state index contributed by atoms with van der Waals surface area (Å²) in [5.41, 5.74) is 2.31. The van der Waals surface area contributed by atoms with E-state index in [2.05, 4.69) is 0 Å². The van der Waals surface area contributed by atoms with Crippen LogP contribution >= 0.6 is 23.2 Å². The lowest BCUT2D eigenvalue weighted by molar-refractivity contribution is -0.132. The minimum atomic E-state index is -0.868. The van der Waals surface area contributed by atoms with Crippen molar-refractivity contribution in [3.05, 3.63) is 93.0 Å². The predicted molar refractivity (Wildman–Crippen MR) is 125 cm³/mol. The highest BCUT2D eigenvalue weighted by Crippen LogP contribution is 2.44. The highest BCUT2D eigenvalue weighted by atomic mass is 35.5. The topological polar surface area (TPSA) is 76.1 Å². The van der Waals surface area contributed by atoms with Crippen LogP contribution in [0.15, 0.2) is 66.2 Å². The zero-order valence-electron chi connectivity index (χ0n) is 17.3. The first-order chi connectivity index (χ1) is 15.8. The van der Waals surface area contributed by atoms with Crippen LogP contribution < -0.4 is 14.4 Å². The fourth-order valence-electron chi connectivity index (χ4n) is 4.09. The number of halogens is 2. The van der Waals surface area contributed by atoms with E-state index in [1.165, 1.54) is 11.0 Å². The molecule has 3 aromatic rings. The molecule has 5 rings (SSSR count). The average Bonchev–Trinajstić information content (AvgIpc) is 3.37. The molecule has 0 aromatic heterocycles. The second kappa shape index (κ2) is 8.14. The molecule has 0 bridgehead atoms. The number of Topliss-reactive ketones (excluding diaryl/α,β-unsaturated/α-hetero) is 1. The maximum absolute atomic E-state index is 13.2. The number of anilines is 1. The molecule has 1 fully saturated rings. The Morgan fingerprint density at radius 1 is 0.970 bits per heavy atom. The van der Waals surface area contributed by atoms with Crippen LogP contribution in [0.1, 0.15) is 22.7 Å². The molecule has 1 N–H and O–H groups in total. The number of ether oxygens (including phenoxy) is 2. The van der Waals surface area contributed by atoms with Gasteiger partial charge in [0, 0.05) is 11.3 Å². The third-order valence-corrected chi connectivity index (χ3v) is 6.37. The summed E-state index contributed by atoms with van der Waals surface area (Å²) in [7, 11) is 0. The molecule has 166 valence electrons. The van der Waals surface area contributed by atoms with Gasteiger partial charge in [-0.05, 0) is 48.9 Å². The SMILES string of the molecule is Cc1cccc(C2/C(=C(/O)c3ccc4c(c3)OCO4)C(=O)C(=O)N2c2ccc(Cl)c(Cl)c2)c1. The van der Waals surface area contributed by atoms with Crippen molar-refractivity contribution in [2.75, 3.05) is 11.7 Å². The number of carbonyl (C=O) groups excluding carboxylic acids is 2. The first-order valence-electron chi connectivity index (χ1n) is 10.1. The van der Waals surface area contributed by atoms with Crippen molar-refractivity contribution in [2.24, 2.45) is 0 Å². The highest BCUT2D eigenvalue weighted by molar-refractivity contribution is 6.52. The van der Waals surface area contributed by atoms with Crippen LogP contribution in [-0.2, 0) is 9.59 Å². The lowest BCUT2D eigenvalue weighted by Crippen LogP contribution is -2.29. The molecule has 2 aliphatic rings. The summed E-state index contributed by atoms with van der Waals surface area (Å²) >= 11 is 12.3. The zero-order valence-corrected chi connectivity index (χ0v) is 18.9. The van der Waals surface area contributed by atoms with Crippen LogP contribution in [0.25, 0.3) is 5.76 Å². The van der Waals surface area contributed by atoms with Crippen molar-refractivity contribution < 1.29 is 24.2 Å². The lowest BCUT2D eigenvalue weighted by atomic mass is 9.94. The molecule has 0 aliphatic carbocycles. The van der Waals surface area contributed by atoms with Crippen molar-refractivity contribution >= 4 is 46.3 Å². The van der Waals surface area contributed by atoms with E-state index in [-0.39, 0.29) is 23.1 Å². The van der Waals surface area contributed by atoms with Crippen molar-refractivity contribution in [2.45, 2.75) is 13.0 Å². The summed E-state index contributed by atoms with van der Waals surface area (Å²) in [5.74, 6) is -0.895.